The molecule has 1 rings (SSSR count). The molecule has 0 saturated carbocycles. The first-order chi connectivity index (χ1) is 8.82. The average molecular weight is 304 g/mol. The maximum absolute atomic E-state index is 11.2. The van der Waals surface area contributed by atoms with Crippen LogP contribution in [-0.2, 0) is 0 Å². The minimum atomic E-state index is -1.21. The number of carboxylic acids is 1. The molecular weight excluding hydrogens is 290 g/mol. The summed E-state index contributed by atoms with van der Waals surface area (Å²) in [7, 11) is 0. The number of nitro benzene ring substituents is 1. The molecule has 0 aliphatic carbocycles. The van der Waals surface area contributed by atoms with Gasteiger partial charge in [-0.3, -0.25) is 10.1 Å². The lowest BCUT2D eigenvalue weighted by Crippen LogP contribution is -2.02. The van der Waals surface area contributed by atoms with E-state index in [2.05, 4.69) is 13.8 Å². The lowest BCUT2D eigenvalue weighted by molar-refractivity contribution is -0.384. The summed E-state index contributed by atoms with van der Waals surface area (Å²) in [5.41, 5.74) is -0.427. The molecule has 0 aliphatic heterocycles. The number of halogens is 1. The molecule has 0 atom stereocenters. The third-order valence-electron chi connectivity index (χ3n) is 2.41. The molecule has 0 amide bonds. The number of nitro groups is 1. The second-order valence-corrected chi connectivity index (χ2v) is 5.91. The molecule has 0 radical (unpaired) electrons. The van der Waals surface area contributed by atoms with Gasteiger partial charge in [-0.1, -0.05) is 25.4 Å². The number of rotatable bonds is 6. The summed E-state index contributed by atoms with van der Waals surface area (Å²) in [5, 5.41) is 19.9. The van der Waals surface area contributed by atoms with E-state index in [0.717, 1.165) is 18.2 Å². The zero-order valence-corrected chi connectivity index (χ0v) is 12.1. The average Bonchev–Trinajstić information content (AvgIpc) is 2.29. The quantitative estimate of drug-likeness (QED) is 0.486. The van der Waals surface area contributed by atoms with E-state index in [1.165, 1.54) is 17.8 Å². The van der Waals surface area contributed by atoms with Crippen molar-refractivity contribution in [1.82, 2.24) is 0 Å². The largest absolute Gasteiger partial charge is 0.478 e. The molecule has 19 heavy (non-hydrogen) atoms. The minimum absolute atomic E-state index is 0.111. The molecule has 1 aromatic rings. The normalized spacial score (nSPS) is 10.7. The molecule has 104 valence electrons. The minimum Gasteiger partial charge on any atom is -0.478 e. The van der Waals surface area contributed by atoms with Crippen molar-refractivity contribution in [3.8, 4) is 0 Å². The summed E-state index contributed by atoms with van der Waals surface area (Å²) in [6, 6.07) is 2.23. The van der Waals surface area contributed by atoms with Crippen LogP contribution in [0.3, 0.4) is 0 Å². The topological polar surface area (TPSA) is 80.4 Å². The Morgan fingerprint density at radius 2 is 2.16 bits per heavy atom. The van der Waals surface area contributed by atoms with Crippen molar-refractivity contribution in [2.45, 2.75) is 25.2 Å². The smallest absolute Gasteiger partial charge is 0.337 e. The molecule has 0 saturated heterocycles. The third kappa shape index (κ3) is 4.40. The molecule has 0 aliphatic rings. The highest BCUT2D eigenvalue weighted by Crippen LogP contribution is 2.35. The van der Waals surface area contributed by atoms with E-state index in [9.17, 15) is 14.9 Å². The Bertz CT molecular complexity index is 505. The van der Waals surface area contributed by atoms with Gasteiger partial charge in [0.25, 0.3) is 5.69 Å². The summed E-state index contributed by atoms with van der Waals surface area (Å²) < 4.78 is 0. The SMILES string of the molecule is CC(C)CCSc1c(Cl)cc([N+](=O)[O-])cc1C(=O)O. The van der Waals surface area contributed by atoms with Gasteiger partial charge in [0.05, 0.1) is 15.5 Å². The summed E-state index contributed by atoms with van der Waals surface area (Å²) in [4.78, 5) is 21.6. The molecule has 0 fully saturated rings. The van der Waals surface area contributed by atoms with E-state index in [-0.39, 0.29) is 16.3 Å². The first-order valence-corrected chi connectivity index (χ1v) is 7.03. The monoisotopic (exact) mass is 303 g/mol. The highest BCUT2D eigenvalue weighted by atomic mass is 35.5. The van der Waals surface area contributed by atoms with E-state index < -0.39 is 10.9 Å². The molecule has 1 N–H and O–H groups in total. The maximum Gasteiger partial charge on any atom is 0.337 e. The van der Waals surface area contributed by atoms with E-state index >= 15 is 0 Å². The fourth-order valence-corrected chi connectivity index (χ4v) is 3.06. The maximum atomic E-state index is 11.2. The van der Waals surface area contributed by atoms with Crippen LogP contribution in [0.2, 0.25) is 5.02 Å². The van der Waals surface area contributed by atoms with Crippen LogP contribution in [0.5, 0.6) is 0 Å². The van der Waals surface area contributed by atoms with Crippen molar-refractivity contribution in [3.63, 3.8) is 0 Å². The first-order valence-electron chi connectivity index (χ1n) is 5.67. The highest BCUT2D eigenvalue weighted by molar-refractivity contribution is 7.99. The molecule has 0 bridgehead atoms. The molecular formula is C12H14ClNO4S. The van der Waals surface area contributed by atoms with Crippen molar-refractivity contribution in [2.75, 3.05) is 5.75 Å². The first kappa shape index (κ1) is 15.8. The number of carbonyl (C=O) groups is 1. The van der Waals surface area contributed by atoms with Gasteiger partial charge in [-0.25, -0.2) is 4.79 Å². The number of hydrogen-bond donors (Lipinski definition) is 1. The molecule has 1 aromatic carbocycles. The number of thioether (sulfide) groups is 1. The molecule has 0 heterocycles. The predicted octanol–water partition coefficient (Wildman–Crippen LogP) is 4.08. The Morgan fingerprint density at radius 3 is 2.63 bits per heavy atom. The van der Waals surface area contributed by atoms with E-state index in [0.29, 0.717) is 10.8 Å². The Morgan fingerprint density at radius 1 is 1.53 bits per heavy atom. The van der Waals surface area contributed by atoms with Crippen molar-refractivity contribution < 1.29 is 14.8 Å². The zero-order chi connectivity index (χ0) is 14.6. The lowest BCUT2D eigenvalue weighted by Gasteiger charge is -2.09. The van der Waals surface area contributed by atoms with Gasteiger partial charge in [0.15, 0.2) is 0 Å². The Balaban J connectivity index is 3.08. The zero-order valence-electron chi connectivity index (χ0n) is 10.6. The fourth-order valence-electron chi connectivity index (χ4n) is 1.39. The van der Waals surface area contributed by atoms with Crippen LogP contribution in [0.15, 0.2) is 17.0 Å². The number of nitrogens with zero attached hydrogens (tertiary/aromatic N) is 1. The van der Waals surface area contributed by atoms with Gasteiger partial charge >= 0.3 is 5.97 Å². The van der Waals surface area contributed by atoms with Gasteiger partial charge in [-0.2, -0.15) is 0 Å². The van der Waals surface area contributed by atoms with Crippen molar-refractivity contribution in [3.05, 3.63) is 32.8 Å². The van der Waals surface area contributed by atoms with Crippen LogP contribution >= 0.6 is 23.4 Å². The summed E-state index contributed by atoms with van der Waals surface area (Å²) in [6.45, 7) is 4.13. The molecule has 7 heteroatoms. The van der Waals surface area contributed by atoms with Gasteiger partial charge < -0.3 is 5.11 Å². The molecule has 5 nitrogen and oxygen atoms in total. The Labute approximate surface area is 120 Å². The van der Waals surface area contributed by atoms with Crippen molar-refractivity contribution in [2.24, 2.45) is 5.92 Å². The summed E-state index contributed by atoms with van der Waals surface area (Å²) >= 11 is 7.26. The van der Waals surface area contributed by atoms with Crippen LogP contribution < -0.4 is 0 Å². The molecule has 0 aromatic heterocycles. The number of hydrogen-bond acceptors (Lipinski definition) is 4. The second-order valence-electron chi connectivity index (χ2n) is 4.40. The number of aromatic carboxylic acids is 1. The van der Waals surface area contributed by atoms with Gasteiger partial charge in [0.1, 0.15) is 0 Å². The molecule has 0 spiro atoms. The second kappa shape index (κ2) is 6.77. The van der Waals surface area contributed by atoms with Crippen LogP contribution in [0.1, 0.15) is 30.6 Å². The number of benzene rings is 1. The van der Waals surface area contributed by atoms with E-state index in [4.69, 9.17) is 16.7 Å². The fraction of sp³-hybridized carbons (Fsp3) is 0.417. The van der Waals surface area contributed by atoms with Gasteiger partial charge in [-0.05, 0) is 18.1 Å². The standard InChI is InChI=1S/C12H14ClNO4S/c1-7(2)3-4-19-11-9(12(15)16)5-8(14(17)18)6-10(11)13/h5-7H,3-4H2,1-2H3,(H,15,16). The van der Waals surface area contributed by atoms with Crippen LogP contribution in [0.25, 0.3) is 0 Å². The van der Waals surface area contributed by atoms with Gasteiger partial charge in [0, 0.05) is 17.0 Å². The van der Waals surface area contributed by atoms with Crippen LogP contribution in [0, 0.1) is 16.0 Å². The highest BCUT2D eigenvalue weighted by Gasteiger charge is 2.20. The lowest BCUT2D eigenvalue weighted by atomic mass is 10.2. The van der Waals surface area contributed by atoms with Crippen molar-refractivity contribution in [1.29, 1.82) is 0 Å². The number of non-ortho nitro benzene ring substituents is 1. The number of carboxylic acid groups (broad SMARTS) is 1. The van der Waals surface area contributed by atoms with Crippen molar-refractivity contribution >= 4 is 35.0 Å². The third-order valence-corrected chi connectivity index (χ3v) is 3.99. The predicted molar refractivity (Wildman–Crippen MR) is 75.2 cm³/mol. The summed E-state index contributed by atoms with van der Waals surface area (Å²) in [5.74, 6) is 0.00500. The van der Waals surface area contributed by atoms with E-state index in [1.54, 1.807) is 0 Å². The summed E-state index contributed by atoms with van der Waals surface area (Å²) in [6.07, 6.45) is 0.914. The van der Waals surface area contributed by atoms with Crippen LogP contribution in [0.4, 0.5) is 5.69 Å². The van der Waals surface area contributed by atoms with Gasteiger partial charge in [0.2, 0.25) is 0 Å². The molecule has 0 unspecified atom stereocenters. The van der Waals surface area contributed by atoms with Gasteiger partial charge in [-0.15, -0.1) is 11.8 Å². The van der Waals surface area contributed by atoms with E-state index in [1.807, 2.05) is 0 Å². The van der Waals surface area contributed by atoms with Crippen LogP contribution in [-0.4, -0.2) is 21.8 Å². The Hall–Kier alpha value is -1.27. The Kier molecular flexibility index (Phi) is 5.62.